The molecule has 0 bridgehead atoms. The maximum atomic E-state index is 12.7. The number of hydrogen-bond donors (Lipinski definition) is 4. The molecule has 12 nitrogen and oxygen atoms in total. The van der Waals surface area contributed by atoms with E-state index in [0.717, 1.165) is 51.4 Å². The molecule has 0 radical (unpaired) electrons. The molecule has 0 fully saturated rings. The fourth-order valence-electron chi connectivity index (χ4n) is 5.36. The number of hydrogen-bond acceptors (Lipinski definition) is 11. The van der Waals surface area contributed by atoms with Gasteiger partial charge in [0.1, 0.15) is 0 Å². The van der Waals surface area contributed by atoms with Crippen LogP contribution in [0.4, 0.5) is 34.9 Å². The maximum Gasteiger partial charge on any atom is 0.338 e. The quantitative estimate of drug-likeness (QED) is 0.0606. The van der Waals surface area contributed by atoms with Crippen LogP contribution in [0.3, 0.4) is 0 Å². The van der Waals surface area contributed by atoms with E-state index >= 15 is 0 Å². The molecule has 4 rings (SSSR count). The lowest BCUT2D eigenvalue weighted by molar-refractivity contribution is 0.0419. The average molecular weight is 711 g/mol. The Kier molecular flexibility index (Phi) is 15.4. The number of unbranched alkanes of at least 4 members (excludes halogenated alkanes) is 2. The highest BCUT2D eigenvalue weighted by atomic mass is 16.5. The number of aromatic nitrogens is 3. The van der Waals surface area contributed by atoms with Crippen molar-refractivity contribution in [1.29, 1.82) is 0 Å². The second-order valence-corrected chi connectivity index (χ2v) is 12.7. The van der Waals surface area contributed by atoms with Gasteiger partial charge in [-0.3, -0.25) is 0 Å². The number of ether oxygens (including phenoxy) is 2. The van der Waals surface area contributed by atoms with Gasteiger partial charge in [0.25, 0.3) is 0 Å². The van der Waals surface area contributed by atoms with E-state index in [4.69, 9.17) is 9.47 Å². The third-order valence-corrected chi connectivity index (χ3v) is 8.76. The number of carboxylic acid groups (broad SMARTS) is 1. The van der Waals surface area contributed by atoms with Gasteiger partial charge in [-0.25, -0.2) is 14.4 Å². The van der Waals surface area contributed by atoms with Crippen LogP contribution in [0.25, 0.3) is 0 Å². The number of carbonyl (C=O) groups excluding carboxylic acids is 2. The Morgan fingerprint density at radius 3 is 1.17 bits per heavy atom. The highest BCUT2D eigenvalue weighted by Gasteiger charge is 2.15. The lowest BCUT2D eigenvalue weighted by atomic mass is 10.0. The lowest BCUT2D eigenvalue weighted by Gasteiger charge is -2.15. The molecule has 3 aromatic carbocycles. The first-order chi connectivity index (χ1) is 25.2. The smallest absolute Gasteiger partial charge is 0.338 e. The Bertz CT molecular complexity index is 1640. The molecule has 0 spiro atoms. The third kappa shape index (κ3) is 12.4. The van der Waals surface area contributed by atoms with Crippen LogP contribution in [0.5, 0.6) is 0 Å². The van der Waals surface area contributed by atoms with Gasteiger partial charge in [0.2, 0.25) is 17.8 Å². The second-order valence-electron chi connectivity index (χ2n) is 12.7. The number of esters is 2. The normalized spacial score (nSPS) is 12.0. The second kappa shape index (κ2) is 20.4. The summed E-state index contributed by atoms with van der Waals surface area (Å²) in [6.07, 6.45) is 8.44. The molecule has 0 aliphatic heterocycles. The number of benzene rings is 3. The zero-order valence-corrected chi connectivity index (χ0v) is 30.5. The Labute approximate surface area is 305 Å². The lowest BCUT2D eigenvalue weighted by Crippen LogP contribution is -2.14. The maximum absolute atomic E-state index is 12.7. The number of carbonyl (C=O) groups is 3. The molecule has 276 valence electrons. The van der Waals surface area contributed by atoms with Crippen molar-refractivity contribution < 1.29 is 29.0 Å². The van der Waals surface area contributed by atoms with Crippen molar-refractivity contribution in [3.05, 3.63) is 89.5 Å². The van der Waals surface area contributed by atoms with Gasteiger partial charge in [-0.15, -0.1) is 0 Å². The predicted molar refractivity (Wildman–Crippen MR) is 203 cm³/mol. The van der Waals surface area contributed by atoms with Gasteiger partial charge in [0, 0.05) is 17.1 Å². The minimum Gasteiger partial charge on any atom is -0.478 e. The van der Waals surface area contributed by atoms with E-state index in [1.165, 1.54) is 12.1 Å². The fourth-order valence-corrected chi connectivity index (χ4v) is 5.36. The van der Waals surface area contributed by atoms with Crippen LogP contribution >= 0.6 is 0 Å². The van der Waals surface area contributed by atoms with E-state index < -0.39 is 5.97 Å². The molecule has 12 heteroatoms. The summed E-state index contributed by atoms with van der Waals surface area (Å²) in [6.45, 7) is 9.32. The zero-order chi connectivity index (χ0) is 37.3. The van der Waals surface area contributed by atoms with Crippen molar-refractivity contribution in [2.45, 2.75) is 79.1 Å². The highest BCUT2D eigenvalue weighted by Crippen LogP contribution is 2.23. The predicted octanol–water partition coefficient (Wildman–Crippen LogP) is 9.55. The number of rotatable bonds is 21. The summed E-state index contributed by atoms with van der Waals surface area (Å²) in [6, 6.07) is 19.9. The molecule has 1 aromatic heterocycles. The number of nitrogens with one attached hydrogen (secondary N) is 3. The highest BCUT2D eigenvalue weighted by molar-refractivity contribution is 5.90. The molecule has 0 saturated heterocycles. The van der Waals surface area contributed by atoms with Crippen molar-refractivity contribution in [1.82, 2.24) is 15.0 Å². The molecule has 0 aliphatic rings. The monoisotopic (exact) mass is 710 g/mol. The van der Waals surface area contributed by atoms with Crippen molar-refractivity contribution in [2.75, 3.05) is 29.2 Å². The Morgan fingerprint density at radius 2 is 0.885 bits per heavy atom. The minimum absolute atomic E-state index is 0.147. The van der Waals surface area contributed by atoms with E-state index in [2.05, 4.69) is 58.6 Å². The molecule has 0 amide bonds. The molecular formula is C40H50N6O6. The van der Waals surface area contributed by atoms with Gasteiger partial charge in [-0.1, -0.05) is 66.2 Å². The molecule has 0 aliphatic carbocycles. The van der Waals surface area contributed by atoms with Crippen LogP contribution in [-0.2, 0) is 9.47 Å². The largest absolute Gasteiger partial charge is 0.478 e. The fraction of sp³-hybridized carbons (Fsp3) is 0.400. The summed E-state index contributed by atoms with van der Waals surface area (Å²) in [5.74, 6) is -0.482. The van der Waals surface area contributed by atoms with Crippen LogP contribution in [0, 0.1) is 11.8 Å². The van der Waals surface area contributed by atoms with E-state index in [1.54, 1.807) is 60.7 Å². The van der Waals surface area contributed by atoms with E-state index in [9.17, 15) is 19.5 Å². The summed E-state index contributed by atoms with van der Waals surface area (Å²) in [5.41, 5.74) is 2.85. The summed E-state index contributed by atoms with van der Waals surface area (Å²) in [7, 11) is 0. The van der Waals surface area contributed by atoms with Gasteiger partial charge in [-0.05, 0) is 97.5 Å². The molecule has 4 aromatic rings. The van der Waals surface area contributed by atoms with Gasteiger partial charge in [0.05, 0.1) is 29.9 Å². The number of anilines is 6. The van der Waals surface area contributed by atoms with Gasteiger partial charge < -0.3 is 30.5 Å². The summed E-state index contributed by atoms with van der Waals surface area (Å²) < 4.78 is 11.2. The SMILES string of the molecule is CCCCC(CC)COC(=O)c1ccc(Nc2nc(Nc3ccc(C(=O)O)cc3)nc(Nc3ccc(C(=O)OCC(CC)CCCC)cc3)n2)cc1. The van der Waals surface area contributed by atoms with Crippen LogP contribution < -0.4 is 16.0 Å². The van der Waals surface area contributed by atoms with E-state index in [1.807, 2.05) is 0 Å². The summed E-state index contributed by atoms with van der Waals surface area (Å²) >= 11 is 0. The first kappa shape index (κ1) is 39.3. The molecule has 1 heterocycles. The third-order valence-electron chi connectivity index (χ3n) is 8.76. The first-order valence-corrected chi connectivity index (χ1v) is 18.2. The van der Waals surface area contributed by atoms with Crippen LogP contribution in [0.1, 0.15) is 110 Å². The van der Waals surface area contributed by atoms with Gasteiger partial charge in [0.15, 0.2) is 0 Å². The first-order valence-electron chi connectivity index (χ1n) is 18.2. The number of carboxylic acids is 1. The average Bonchev–Trinajstić information content (AvgIpc) is 3.15. The summed E-state index contributed by atoms with van der Waals surface area (Å²) in [4.78, 5) is 50.3. The Balaban J connectivity index is 1.48. The van der Waals surface area contributed by atoms with Gasteiger partial charge >= 0.3 is 17.9 Å². The Hall–Kier alpha value is -5.52. The van der Waals surface area contributed by atoms with Crippen LogP contribution in [-0.4, -0.2) is 51.2 Å². The number of aromatic carboxylic acids is 1. The van der Waals surface area contributed by atoms with Crippen molar-refractivity contribution in [2.24, 2.45) is 11.8 Å². The molecule has 2 atom stereocenters. The standard InChI is InChI=1S/C40H50N6O6/c1-5-9-11-27(7-3)25-51-36(49)30-15-21-33(22-16-30)42-39-44-38(41-32-19-13-29(14-20-32)35(47)48)45-40(46-39)43-34-23-17-31(18-24-34)37(50)52-26-28(8-4)12-10-6-2/h13-24,27-28H,5-12,25-26H2,1-4H3,(H,47,48)(H3,41,42,43,44,45,46). The van der Waals surface area contributed by atoms with Gasteiger partial charge in [-0.2, -0.15) is 15.0 Å². The zero-order valence-electron chi connectivity index (χ0n) is 30.5. The molecule has 0 saturated carbocycles. The van der Waals surface area contributed by atoms with Crippen molar-refractivity contribution in [3.63, 3.8) is 0 Å². The Morgan fingerprint density at radius 1 is 0.558 bits per heavy atom. The molecule has 52 heavy (non-hydrogen) atoms. The minimum atomic E-state index is -1.03. The van der Waals surface area contributed by atoms with E-state index in [-0.39, 0.29) is 35.3 Å². The van der Waals surface area contributed by atoms with E-state index in [0.29, 0.717) is 53.2 Å². The van der Waals surface area contributed by atoms with Crippen LogP contribution in [0.2, 0.25) is 0 Å². The molecule has 4 N–H and O–H groups in total. The molecular weight excluding hydrogens is 660 g/mol. The summed E-state index contributed by atoms with van der Waals surface area (Å²) in [5, 5.41) is 18.7. The van der Waals surface area contributed by atoms with Crippen LogP contribution in [0.15, 0.2) is 72.8 Å². The molecule has 2 unspecified atom stereocenters. The topological polar surface area (TPSA) is 165 Å². The number of nitrogens with zero attached hydrogens (tertiary/aromatic N) is 3. The van der Waals surface area contributed by atoms with Crippen molar-refractivity contribution >= 4 is 52.8 Å². The van der Waals surface area contributed by atoms with Crippen molar-refractivity contribution in [3.8, 4) is 0 Å².